The Labute approximate surface area is 82.9 Å². The van der Waals surface area contributed by atoms with Crippen LogP contribution in [0.25, 0.3) is 0 Å². The van der Waals surface area contributed by atoms with Gasteiger partial charge in [-0.3, -0.25) is 0 Å². The van der Waals surface area contributed by atoms with Crippen molar-refractivity contribution in [2.24, 2.45) is 5.92 Å². The lowest BCUT2D eigenvalue weighted by Gasteiger charge is -2.17. The van der Waals surface area contributed by atoms with E-state index < -0.39 is 0 Å². The molecule has 1 nitrogen and oxygen atoms in total. The summed E-state index contributed by atoms with van der Waals surface area (Å²) >= 11 is 0. The van der Waals surface area contributed by atoms with Gasteiger partial charge in [-0.1, -0.05) is 39.2 Å². The molecule has 0 aromatic carbocycles. The minimum atomic E-state index is -0.130. The van der Waals surface area contributed by atoms with E-state index in [0.717, 1.165) is 19.3 Å². The number of unbranched alkanes of at least 4 members (excludes halogenated alkanes) is 2. The average Bonchev–Trinajstić information content (AvgIpc) is 2.14. The highest BCUT2D eigenvalue weighted by Gasteiger charge is 2.12. The molecule has 0 amide bonds. The Hall–Kier alpha value is -0.300. The van der Waals surface area contributed by atoms with Gasteiger partial charge < -0.3 is 5.11 Å². The zero-order valence-electron chi connectivity index (χ0n) is 9.13. The summed E-state index contributed by atoms with van der Waals surface area (Å²) in [6.45, 7) is 8.01. The first-order chi connectivity index (χ1) is 6.22. The van der Waals surface area contributed by atoms with Crippen LogP contribution in [0.5, 0.6) is 0 Å². The third-order valence-corrected chi connectivity index (χ3v) is 2.59. The molecule has 0 saturated heterocycles. The molecule has 0 saturated carbocycles. The van der Waals surface area contributed by atoms with E-state index in [1.807, 2.05) is 6.08 Å². The second-order valence-corrected chi connectivity index (χ2v) is 3.91. The molecule has 0 heterocycles. The SMILES string of the molecule is C=CCCC(O)C(C)CCCCC. The average molecular weight is 184 g/mol. The summed E-state index contributed by atoms with van der Waals surface area (Å²) in [5.74, 6) is 0.450. The van der Waals surface area contributed by atoms with Crippen LogP contribution in [-0.4, -0.2) is 11.2 Å². The molecule has 1 N–H and O–H groups in total. The second kappa shape index (κ2) is 8.31. The summed E-state index contributed by atoms with van der Waals surface area (Å²) < 4.78 is 0. The van der Waals surface area contributed by atoms with E-state index >= 15 is 0 Å². The van der Waals surface area contributed by atoms with E-state index in [9.17, 15) is 5.11 Å². The number of rotatable bonds is 8. The number of aliphatic hydroxyl groups is 1. The van der Waals surface area contributed by atoms with Crippen LogP contribution in [0.4, 0.5) is 0 Å². The summed E-state index contributed by atoms with van der Waals surface area (Å²) in [4.78, 5) is 0. The third kappa shape index (κ3) is 6.83. The predicted molar refractivity (Wildman–Crippen MR) is 58.7 cm³/mol. The van der Waals surface area contributed by atoms with Gasteiger partial charge >= 0.3 is 0 Å². The molecule has 0 spiro atoms. The van der Waals surface area contributed by atoms with Crippen LogP contribution in [0.15, 0.2) is 12.7 Å². The van der Waals surface area contributed by atoms with Crippen LogP contribution in [0.2, 0.25) is 0 Å². The van der Waals surface area contributed by atoms with Crippen molar-refractivity contribution in [3.63, 3.8) is 0 Å². The van der Waals surface area contributed by atoms with Crippen LogP contribution in [-0.2, 0) is 0 Å². The van der Waals surface area contributed by atoms with Gasteiger partial charge in [0.25, 0.3) is 0 Å². The van der Waals surface area contributed by atoms with Crippen LogP contribution >= 0.6 is 0 Å². The molecule has 2 unspecified atom stereocenters. The summed E-state index contributed by atoms with van der Waals surface area (Å²) in [5, 5.41) is 9.70. The van der Waals surface area contributed by atoms with Crippen molar-refractivity contribution in [1.29, 1.82) is 0 Å². The molecule has 0 aliphatic heterocycles. The van der Waals surface area contributed by atoms with Crippen molar-refractivity contribution in [1.82, 2.24) is 0 Å². The standard InChI is InChI=1S/C12H24O/c1-4-6-8-9-11(3)12(13)10-7-5-2/h5,11-13H,2,4,6-10H2,1,3H3. The van der Waals surface area contributed by atoms with Crippen LogP contribution in [0, 0.1) is 5.92 Å². The van der Waals surface area contributed by atoms with Gasteiger partial charge in [0, 0.05) is 0 Å². The summed E-state index contributed by atoms with van der Waals surface area (Å²) in [5.41, 5.74) is 0. The van der Waals surface area contributed by atoms with Crippen molar-refractivity contribution in [3.8, 4) is 0 Å². The third-order valence-electron chi connectivity index (χ3n) is 2.59. The van der Waals surface area contributed by atoms with Gasteiger partial charge in [0.05, 0.1) is 6.10 Å². The molecule has 2 atom stereocenters. The topological polar surface area (TPSA) is 20.2 Å². The molecule has 0 aromatic rings. The lowest BCUT2D eigenvalue weighted by molar-refractivity contribution is 0.102. The molecule has 0 rings (SSSR count). The van der Waals surface area contributed by atoms with Gasteiger partial charge in [0.15, 0.2) is 0 Å². The lowest BCUT2D eigenvalue weighted by atomic mass is 9.94. The zero-order valence-corrected chi connectivity index (χ0v) is 9.13. The Morgan fingerprint density at radius 3 is 2.54 bits per heavy atom. The highest BCUT2D eigenvalue weighted by Crippen LogP contribution is 2.16. The highest BCUT2D eigenvalue weighted by atomic mass is 16.3. The van der Waals surface area contributed by atoms with Gasteiger partial charge in [-0.05, 0) is 25.2 Å². The van der Waals surface area contributed by atoms with E-state index in [1.165, 1.54) is 19.3 Å². The fraction of sp³-hybridized carbons (Fsp3) is 0.833. The van der Waals surface area contributed by atoms with E-state index in [2.05, 4.69) is 20.4 Å². The quantitative estimate of drug-likeness (QED) is 0.452. The largest absolute Gasteiger partial charge is 0.393 e. The number of hydrogen-bond donors (Lipinski definition) is 1. The number of hydrogen-bond acceptors (Lipinski definition) is 1. The van der Waals surface area contributed by atoms with Gasteiger partial charge in [0.2, 0.25) is 0 Å². The molecule has 0 aliphatic carbocycles. The normalized spacial score (nSPS) is 15.3. The van der Waals surface area contributed by atoms with Crippen molar-refractivity contribution < 1.29 is 5.11 Å². The maximum absolute atomic E-state index is 9.70. The summed E-state index contributed by atoms with van der Waals surface area (Å²) in [6.07, 6.45) is 8.51. The predicted octanol–water partition coefficient (Wildman–Crippen LogP) is 3.53. The van der Waals surface area contributed by atoms with Crippen LogP contribution in [0.3, 0.4) is 0 Å². The Morgan fingerprint density at radius 2 is 2.00 bits per heavy atom. The van der Waals surface area contributed by atoms with E-state index in [0.29, 0.717) is 5.92 Å². The second-order valence-electron chi connectivity index (χ2n) is 3.91. The Balaban J connectivity index is 3.43. The van der Waals surface area contributed by atoms with E-state index in [4.69, 9.17) is 0 Å². The maximum atomic E-state index is 9.70. The summed E-state index contributed by atoms with van der Waals surface area (Å²) in [6, 6.07) is 0. The van der Waals surface area contributed by atoms with Crippen LogP contribution in [0.1, 0.15) is 52.4 Å². The molecule has 0 fully saturated rings. The minimum Gasteiger partial charge on any atom is -0.393 e. The van der Waals surface area contributed by atoms with Crippen molar-refractivity contribution in [2.75, 3.05) is 0 Å². The molecule has 0 radical (unpaired) electrons. The minimum absolute atomic E-state index is 0.130. The Morgan fingerprint density at radius 1 is 1.31 bits per heavy atom. The Kier molecular flexibility index (Phi) is 8.11. The van der Waals surface area contributed by atoms with Crippen molar-refractivity contribution in [2.45, 2.75) is 58.5 Å². The molecular weight excluding hydrogens is 160 g/mol. The van der Waals surface area contributed by atoms with Crippen molar-refractivity contribution >= 4 is 0 Å². The Bertz CT molecular complexity index is 120. The lowest BCUT2D eigenvalue weighted by Crippen LogP contribution is -2.17. The number of allylic oxidation sites excluding steroid dienone is 1. The van der Waals surface area contributed by atoms with Gasteiger partial charge in [-0.2, -0.15) is 0 Å². The molecule has 78 valence electrons. The molecule has 0 aliphatic rings. The molecular formula is C12H24O. The highest BCUT2D eigenvalue weighted by molar-refractivity contribution is 4.72. The first-order valence-electron chi connectivity index (χ1n) is 5.51. The molecule has 13 heavy (non-hydrogen) atoms. The van der Waals surface area contributed by atoms with E-state index in [-0.39, 0.29) is 6.10 Å². The number of aliphatic hydroxyl groups excluding tert-OH is 1. The van der Waals surface area contributed by atoms with Gasteiger partial charge in [-0.25, -0.2) is 0 Å². The molecule has 0 bridgehead atoms. The fourth-order valence-electron chi connectivity index (χ4n) is 1.48. The first-order valence-corrected chi connectivity index (χ1v) is 5.51. The zero-order chi connectivity index (χ0) is 10.1. The van der Waals surface area contributed by atoms with Crippen molar-refractivity contribution in [3.05, 3.63) is 12.7 Å². The first kappa shape index (κ1) is 12.7. The maximum Gasteiger partial charge on any atom is 0.0568 e. The van der Waals surface area contributed by atoms with E-state index in [1.54, 1.807) is 0 Å². The fourth-order valence-corrected chi connectivity index (χ4v) is 1.48. The van der Waals surface area contributed by atoms with Gasteiger partial charge in [0.1, 0.15) is 0 Å². The smallest absolute Gasteiger partial charge is 0.0568 e. The molecule has 0 aromatic heterocycles. The van der Waals surface area contributed by atoms with Crippen LogP contribution < -0.4 is 0 Å². The molecule has 1 heteroatoms. The monoisotopic (exact) mass is 184 g/mol. The summed E-state index contributed by atoms with van der Waals surface area (Å²) in [7, 11) is 0. The van der Waals surface area contributed by atoms with Gasteiger partial charge in [-0.15, -0.1) is 6.58 Å².